The Morgan fingerprint density at radius 3 is 2.43 bits per heavy atom. The van der Waals surface area contributed by atoms with Crippen molar-refractivity contribution in [3.63, 3.8) is 0 Å². The molecule has 2 fully saturated rings. The summed E-state index contributed by atoms with van der Waals surface area (Å²) in [5, 5.41) is 15.4. The number of carboxylic acids is 1. The van der Waals surface area contributed by atoms with Crippen molar-refractivity contribution in [3.05, 3.63) is 29.8 Å². The molecule has 1 saturated carbocycles. The van der Waals surface area contributed by atoms with Crippen molar-refractivity contribution >= 4 is 17.6 Å². The summed E-state index contributed by atoms with van der Waals surface area (Å²) >= 11 is 0. The molecule has 21 heavy (non-hydrogen) atoms. The molecule has 1 atom stereocenters. The lowest BCUT2D eigenvalue weighted by Crippen LogP contribution is -2.43. The summed E-state index contributed by atoms with van der Waals surface area (Å²) in [4.78, 5) is 23.4. The molecule has 1 aliphatic heterocycles. The molecule has 0 aromatic heterocycles. The summed E-state index contributed by atoms with van der Waals surface area (Å²) in [7, 11) is 0. The Bertz CT molecular complexity index is 543. The van der Waals surface area contributed by atoms with Gasteiger partial charge in [0.05, 0.1) is 11.5 Å². The molecular weight excluding hydrogens is 268 g/mol. The Morgan fingerprint density at radius 1 is 1.19 bits per heavy atom. The SMILES string of the molecule is O=C(Nc1ccc(C2(C(=O)O)CC2)cc1)C1CCCCN1. The molecule has 1 amide bonds. The highest BCUT2D eigenvalue weighted by Crippen LogP contribution is 2.48. The molecule has 2 aliphatic rings. The fourth-order valence-electron chi connectivity index (χ4n) is 2.93. The average molecular weight is 288 g/mol. The Hall–Kier alpha value is -1.88. The number of amides is 1. The minimum absolute atomic E-state index is 0.0122. The van der Waals surface area contributed by atoms with Crippen LogP contribution in [-0.4, -0.2) is 29.6 Å². The van der Waals surface area contributed by atoms with Crippen LogP contribution in [0.1, 0.15) is 37.7 Å². The van der Waals surface area contributed by atoms with Crippen LogP contribution in [0.3, 0.4) is 0 Å². The zero-order valence-corrected chi connectivity index (χ0v) is 11.9. The Labute approximate surface area is 123 Å². The smallest absolute Gasteiger partial charge is 0.314 e. The Kier molecular flexibility index (Phi) is 3.68. The van der Waals surface area contributed by atoms with E-state index in [4.69, 9.17) is 0 Å². The maximum absolute atomic E-state index is 12.1. The second-order valence-electron chi connectivity index (χ2n) is 5.96. The lowest BCUT2D eigenvalue weighted by molar-refractivity contribution is -0.140. The van der Waals surface area contributed by atoms with Crippen LogP contribution in [0.5, 0.6) is 0 Å². The van der Waals surface area contributed by atoms with E-state index in [9.17, 15) is 14.7 Å². The van der Waals surface area contributed by atoms with Crippen LogP contribution in [0, 0.1) is 0 Å². The first kappa shape index (κ1) is 14.1. The molecule has 1 saturated heterocycles. The van der Waals surface area contributed by atoms with Gasteiger partial charge < -0.3 is 15.7 Å². The highest BCUT2D eigenvalue weighted by atomic mass is 16.4. The second-order valence-corrected chi connectivity index (χ2v) is 5.96. The van der Waals surface area contributed by atoms with Crippen molar-refractivity contribution in [1.82, 2.24) is 5.32 Å². The monoisotopic (exact) mass is 288 g/mol. The van der Waals surface area contributed by atoms with Gasteiger partial charge >= 0.3 is 5.97 Å². The van der Waals surface area contributed by atoms with E-state index in [1.165, 1.54) is 0 Å². The zero-order chi connectivity index (χ0) is 14.9. The van der Waals surface area contributed by atoms with Crippen molar-refractivity contribution < 1.29 is 14.7 Å². The molecule has 1 heterocycles. The number of benzene rings is 1. The van der Waals surface area contributed by atoms with E-state index in [0.29, 0.717) is 12.8 Å². The van der Waals surface area contributed by atoms with Gasteiger partial charge in [-0.15, -0.1) is 0 Å². The normalized spacial score (nSPS) is 23.3. The minimum atomic E-state index is -0.759. The van der Waals surface area contributed by atoms with E-state index in [-0.39, 0.29) is 11.9 Å². The quantitative estimate of drug-likeness (QED) is 0.790. The summed E-state index contributed by atoms with van der Waals surface area (Å²) in [6.45, 7) is 0.887. The molecule has 5 nitrogen and oxygen atoms in total. The van der Waals surface area contributed by atoms with Crippen LogP contribution in [0.15, 0.2) is 24.3 Å². The van der Waals surface area contributed by atoms with E-state index < -0.39 is 11.4 Å². The van der Waals surface area contributed by atoms with Crippen LogP contribution >= 0.6 is 0 Å². The Morgan fingerprint density at radius 2 is 1.90 bits per heavy atom. The molecule has 1 aliphatic carbocycles. The molecule has 1 aromatic carbocycles. The van der Waals surface area contributed by atoms with Crippen LogP contribution in [-0.2, 0) is 15.0 Å². The van der Waals surface area contributed by atoms with Gasteiger partial charge in [-0.05, 0) is 49.9 Å². The predicted molar refractivity (Wildman–Crippen MR) is 79.3 cm³/mol. The van der Waals surface area contributed by atoms with Crippen molar-refractivity contribution in [2.45, 2.75) is 43.6 Å². The number of carboxylic acid groups (broad SMARTS) is 1. The predicted octanol–water partition coefficient (Wildman–Crippen LogP) is 1.88. The number of hydrogen-bond donors (Lipinski definition) is 3. The maximum atomic E-state index is 12.1. The summed E-state index contributed by atoms with van der Waals surface area (Å²) in [6, 6.07) is 7.08. The number of rotatable bonds is 4. The van der Waals surface area contributed by atoms with Crippen molar-refractivity contribution in [3.8, 4) is 0 Å². The first-order valence-corrected chi connectivity index (χ1v) is 7.50. The number of hydrogen-bond acceptors (Lipinski definition) is 3. The fourth-order valence-corrected chi connectivity index (χ4v) is 2.93. The van der Waals surface area contributed by atoms with E-state index in [1.807, 2.05) is 12.1 Å². The van der Waals surface area contributed by atoms with Gasteiger partial charge in [0.1, 0.15) is 0 Å². The van der Waals surface area contributed by atoms with Crippen LogP contribution in [0.4, 0.5) is 5.69 Å². The van der Waals surface area contributed by atoms with Gasteiger partial charge in [-0.2, -0.15) is 0 Å². The van der Waals surface area contributed by atoms with E-state index in [0.717, 1.165) is 37.1 Å². The average Bonchev–Trinajstić information content (AvgIpc) is 3.31. The van der Waals surface area contributed by atoms with Crippen molar-refractivity contribution in [1.29, 1.82) is 0 Å². The Balaban J connectivity index is 1.65. The standard InChI is InChI=1S/C16H20N2O3/c19-14(13-3-1-2-10-17-13)18-12-6-4-11(5-7-12)16(8-9-16)15(20)21/h4-7,13,17H,1-3,8-10H2,(H,18,19)(H,20,21). The van der Waals surface area contributed by atoms with Gasteiger partial charge in [-0.3, -0.25) is 9.59 Å². The van der Waals surface area contributed by atoms with Gasteiger partial charge in [-0.1, -0.05) is 18.6 Å². The number of anilines is 1. The topological polar surface area (TPSA) is 78.4 Å². The lowest BCUT2D eigenvalue weighted by atomic mass is 9.96. The summed E-state index contributed by atoms with van der Waals surface area (Å²) in [6.07, 6.45) is 4.45. The van der Waals surface area contributed by atoms with Crippen molar-refractivity contribution in [2.75, 3.05) is 11.9 Å². The molecule has 1 unspecified atom stereocenters. The largest absolute Gasteiger partial charge is 0.481 e. The van der Waals surface area contributed by atoms with Crippen LogP contribution in [0.2, 0.25) is 0 Å². The molecule has 0 radical (unpaired) electrons. The van der Waals surface area contributed by atoms with Gasteiger partial charge in [0, 0.05) is 5.69 Å². The third kappa shape index (κ3) is 2.78. The molecule has 112 valence electrons. The summed E-state index contributed by atoms with van der Waals surface area (Å²) in [5.74, 6) is -0.771. The number of aliphatic carboxylic acids is 1. The molecule has 0 bridgehead atoms. The second kappa shape index (κ2) is 5.48. The fraction of sp³-hybridized carbons (Fsp3) is 0.500. The third-order valence-corrected chi connectivity index (χ3v) is 4.49. The molecule has 3 N–H and O–H groups in total. The van der Waals surface area contributed by atoms with Gasteiger partial charge in [0.15, 0.2) is 0 Å². The highest BCUT2D eigenvalue weighted by molar-refractivity contribution is 5.95. The van der Waals surface area contributed by atoms with E-state index in [2.05, 4.69) is 10.6 Å². The molecule has 5 heteroatoms. The highest BCUT2D eigenvalue weighted by Gasteiger charge is 2.51. The summed E-state index contributed by atoms with van der Waals surface area (Å²) in [5.41, 5.74) is 0.856. The number of carbonyl (C=O) groups excluding carboxylic acids is 1. The summed E-state index contributed by atoms with van der Waals surface area (Å²) < 4.78 is 0. The van der Waals surface area contributed by atoms with Gasteiger partial charge in [0.2, 0.25) is 5.91 Å². The number of nitrogens with one attached hydrogen (secondary N) is 2. The lowest BCUT2D eigenvalue weighted by Gasteiger charge is -2.22. The van der Waals surface area contributed by atoms with Gasteiger partial charge in [0.25, 0.3) is 0 Å². The maximum Gasteiger partial charge on any atom is 0.314 e. The van der Waals surface area contributed by atoms with E-state index in [1.54, 1.807) is 12.1 Å². The minimum Gasteiger partial charge on any atom is -0.481 e. The molecule has 0 spiro atoms. The number of carbonyl (C=O) groups is 2. The first-order chi connectivity index (χ1) is 10.1. The van der Waals surface area contributed by atoms with E-state index >= 15 is 0 Å². The molecular formula is C16H20N2O3. The first-order valence-electron chi connectivity index (χ1n) is 7.50. The molecule has 1 aromatic rings. The van der Waals surface area contributed by atoms with Crippen LogP contribution < -0.4 is 10.6 Å². The zero-order valence-electron chi connectivity index (χ0n) is 11.9. The molecule has 3 rings (SSSR count). The number of piperidine rings is 1. The van der Waals surface area contributed by atoms with Crippen LogP contribution in [0.25, 0.3) is 0 Å². The third-order valence-electron chi connectivity index (χ3n) is 4.49. The van der Waals surface area contributed by atoms with Gasteiger partial charge in [-0.25, -0.2) is 0 Å². The van der Waals surface area contributed by atoms with Crippen molar-refractivity contribution in [2.24, 2.45) is 0 Å².